The molecule has 3 nitrogen and oxygen atoms in total. The highest BCUT2D eigenvalue weighted by Crippen LogP contribution is 2.26. The summed E-state index contributed by atoms with van der Waals surface area (Å²) in [6.07, 6.45) is 0. The van der Waals surface area contributed by atoms with E-state index in [-0.39, 0.29) is 5.91 Å². The number of hydrogen-bond donors (Lipinski definition) is 1. The minimum atomic E-state index is -0.190. The summed E-state index contributed by atoms with van der Waals surface area (Å²) in [4.78, 5) is 17.7. The maximum absolute atomic E-state index is 13.0. The monoisotopic (exact) mass is 440 g/mol. The van der Waals surface area contributed by atoms with Crippen molar-refractivity contribution in [3.05, 3.63) is 99.0 Å². The van der Waals surface area contributed by atoms with E-state index in [0.29, 0.717) is 32.9 Å². The van der Waals surface area contributed by atoms with E-state index in [9.17, 15) is 4.79 Å². The lowest BCUT2D eigenvalue weighted by atomic mass is 10.0. The molecule has 4 rings (SSSR count). The van der Waals surface area contributed by atoms with Gasteiger partial charge < -0.3 is 5.32 Å². The van der Waals surface area contributed by atoms with Crippen molar-refractivity contribution in [1.82, 2.24) is 10.3 Å². The number of carbonyl (C=O) groups excluding carboxylic acids is 1. The van der Waals surface area contributed by atoms with Crippen molar-refractivity contribution >= 4 is 51.6 Å². The summed E-state index contributed by atoms with van der Waals surface area (Å²) < 4.78 is 0. The van der Waals surface area contributed by atoms with Crippen LogP contribution in [0.25, 0.3) is 22.2 Å². The van der Waals surface area contributed by atoms with Crippen molar-refractivity contribution in [2.75, 3.05) is 0 Å². The number of hydrogen-bond acceptors (Lipinski definition) is 2. The molecule has 3 aromatic carbocycles. The summed E-state index contributed by atoms with van der Waals surface area (Å²) in [7, 11) is 0. The van der Waals surface area contributed by atoms with Crippen LogP contribution in [0, 0.1) is 0 Å². The highest BCUT2D eigenvalue weighted by Gasteiger charge is 2.14. The third kappa shape index (κ3) is 4.38. The summed E-state index contributed by atoms with van der Waals surface area (Å²) in [5.41, 5.74) is 3.77. The molecule has 0 spiro atoms. The number of pyridine rings is 1. The third-order valence-corrected chi connectivity index (χ3v) is 5.53. The first-order valence-corrected chi connectivity index (χ1v) is 10.0. The molecular weight excluding hydrogens is 427 g/mol. The number of para-hydroxylation sites is 1. The number of halogens is 3. The molecule has 144 valence electrons. The molecule has 0 aliphatic heterocycles. The lowest BCUT2D eigenvalue weighted by molar-refractivity contribution is 0.0952. The largest absolute Gasteiger partial charge is 0.348 e. The highest BCUT2D eigenvalue weighted by atomic mass is 35.5. The van der Waals surface area contributed by atoms with E-state index < -0.39 is 0 Å². The number of carbonyl (C=O) groups is 1. The number of fused-ring (bicyclic) bond motifs is 1. The van der Waals surface area contributed by atoms with Crippen LogP contribution >= 0.6 is 34.8 Å². The van der Waals surface area contributed by atoms with Crippen LogP contribution in [0.4, 0.5) is 0 Å². The van der Waals surface area contributed by atoms with Crippen LogP contribution in [0.1, 0.15) is 15.9 Å². The summed E-state index contributed by atoms with van der Waals surface area (Å²) in [6.45, 7) is 0.336. The number of rotatable bonds is 4. The summed E-state index contributed by atoms with van der Waals surface area (Å²) in [5, 5.41) is 5.33. The Morgan fingerprint density at radius 1 is 0.862 bits per heavy atom. The average molecular weight is 442 g/mol. The first-order valence-electron chi connectivity index (χ1n) is 8.89. The van der Waals surface area contributed by atoms with Gasteiger partial charge in [0.15, 0.2) is 0 Å². The quantitative estimate of drug-likeness (QED) is 0.379. The van der Waals surface area contributed by atoms with Gasteiger partial charge in [0, 0.05) is 22.5 Å². The topological polar surface area (TPSA) is 42.0 Å². The van der Waals surface area contributed by atoms with E-state index in [0.717, 1.165) is 22.0 Å². The van der Waals surface area contributed by atoms with Gasteiger partial charge in [-0.1, -0.05) is 71.2 Å². The fraction of sp³-hybridized carbons (Fsp3) is 0.0435. The molecule has 0 aliphatic rings. The second kappa shape index (κ2) is 8.42. The molecule has 6 heteroatoms. The van der Waals surface area contributed by atoms with Crippen molar-refractivity contribution in [1.29, 1.82) is 0 Å². The lowest BCUT2D eigenvalue weighted by Crippen LogP contribution is -2.23. The number of amides is 1. The van der Waals surface area contributed by atoms with Gasteiger partial charge in [0.2, 0.25) is 0 Å². The molecule has 0 saturated carbocycles. The Labute approximate surface area is 183 Å². The Balaban J connectivity index is 1.68. The maximum atomic E-state index is 13.0. The normalized spacial score (nSPS) is 10.9. The molecule has 0 aliphatic carbocycles. The van der Waals surface area contributed by atoms with Crippen LogP contribution in [0.3, 0.4) is 0 Å². The number of aromatic nitrogens is 1. The Kier molecular flexibility index (Phi) is 5.72. The summed E-state index contributed by atoms with van der Waals surface area (Å²) >= 11 is 18.0. The molecule has 1 N–H and O–H groups in total. The van der Waals surface area contributed by atoms with Crippen molar-refractivity contribution in [2.45, 2.75) is 6.54 Å². The van der Waals surface area contributed by atoms with Crippen LogP contribution < -0.4 is 5.32 Å². The summed E-state index contributed by atoms with van der Waals surface area (Å²) in [5.74, 6) is -0.190. The third-order valence-electron chi connectivity index (χ3n) is 4.54. The van der Waals surface area contributed by atoms with E-state index in [2.05, 4.69) is 5.32 Å². The number of nitrogens with zero attached hydrogens (tertiary/aromatic N) is 1. The van der Waals surface area contributed by atoms with Crippen molar-refractivity contribution in [2.24, 2.45) is 0 Å². The van der Waals surface area contributed by atoms with Gasteiger partial charge in [-0.25, -0.2) is 4.98 Å². The lowest BCUT2D eigenvalue weighted by Gasteiger charge is -2.11. The van der Waals surface area contributed by atoms with Crippen molar-refractivity contribution in [3.63, 3.8) is 0 Å². The molecule has 29 heavy (non-hydrogen) atoms. The molecule has 0 atom stereocenters. The molecular formula is C23H15Cl3N2O. The van der Waals surface area contributed by atoms with Gasteiger partial charge in [0.25, 0.3) is 5.91 Å². The number of nitrogens with one attached hydrogen (secondary N) is 1. The zero-order valence-electron chi connectivity index (χ0n) is 15.1. The Morgan fingerprint density at radius 2 is 1.62 bits per heavy atom. The molecule has 0 radical (unpaired) electrons. The molecule has 0 fully saturated rings. The van der Waals surface area contributed by atoms with Gasteiger partial charge in [-0.05, 0) is 42.0 Å². The summed E-state index contributed by atoms with van der Waals surface area (Å²) in [6, 6.07) is 22.0. The zero-order chi connectivity index (χ0) is 20.4. The van der Waals surface area contributed by atoms with Crippen LogP contribution in [-0.4, -0.2) is 10.9 Å². The standard InChI is InChI=1S/C23H15Cl3N2O/c24-16-8-6-15(7-9-16)22-12-18(17-3-1-2-4-21(17)28-22)23(29)27-13-14-5-10-19(25)20(26)11-14/h1-12H,13H2,(H,27,29). The van der Waals surface area contributed by atoms with Crippen LogP contribution in [0.2, 0.25) is 15.1 Å². The van der Waals surface area contributed by atoms with Crippen molar-refractivity contribution in [3.8, 4) is 11.3 Å². The predicted molar refractivity (Wildman–Crippen MR) is 120 cm³/mol. The first kappa shape index (κ1) is 19.7. The van der Waals surface area contributed by atoms with E-state index in [1.165, 1.54) is 0 Å². The van der Waals surface area contributed by atoms with Crippen LogP contribution in [-0.2, 0) is 6.54 Å². The molecule has 0 bridgehead atoms. The van der Waals surface area contributed by atoms with Crippen LogP contribution in [0.15, 0.2) is 72.8 Å². The SMILES string of the molecule is O=C(NCc1ccc(Cl)c(Cl)c1)c1cc(-c2ccc(Cl)cc2)nc2ccccc12. The van der Waals surface area contributed by atoms with Gasteiger partial charge in [0.05, 0.1) is 26.8 Å². The second-order valence-electron chi connectivity index (χ2n) is 6.51. The Morgan fingerprint density at radius 3 is 2.38 bits per heavy atom. The molecule has 1 heterocycles. The number of benzene rings is 3. The fourth-order valence-electron chi connectivity index (χ4n) is 3.06. The van der Waals surface area contributed by atoms with Crippen LogP contribution in [0.5, 0.6) is 0 Å². The van der Waals surface area contributed by atoms with E-state index in [1.54, 1.807) is 30.3 Å². The van der Waals surface area contributed by atoms with E-state index in [1.807, 2.05) is 42.5 Å². The minimum Gasteiger partial charge on any atom is -0.348 e. The fourth-order valence-corrected chi connectivity index (χ4v) is 3.51. The van der Waals surface area contributed by atoms with E-state index in [4.69, 9.17) is 39.8 Å². The molecule has 0 saturated heterocycles. The first-order chi connectivity index (χ1) is 14.0. The van der Waals surface area contributed by atoms with Gasteiger partial charge in [-0.3, -0.25) is 4.79 Å². The minimum absolute atomic E-state index is 0.190. The zero-order valence-corrected chi connectivity index (χ0v) is 17.4. The van der Waals surface area contributed by atoms with Gasteiger partial charge in [-0.2, -0.15) is 0 Å². The average Bonchev–Trinajstić information content (AvgIpc) is 2.74. The van der Waals surface area contributed by atoms with Gasteiger partial charge in [-0.15, -0.1) is 0 Å². The van der Waals surface area contributed by atoms with Gasteiger partial charge in [0.1, 0.15) is 0 Å². The Bertz CT molecular complexity index is 1210. The molecule has 1 amide bonds. The van der Waals surface area contributed by atoms with E-state index >= 15 is 0 Å². The molecule has 0 unspecified atom stereocenters. The molecule has 4 aromatic rings. The maximum Gasteiger partial charge on any atom is 0.252 e. The smallest absolute Gasteiger partial charge is 0.252 e. The molecule has 1 aromatic heterocycles. The second-order valence-corrected chi connectivity index (χ2v) is 7.76. The Hall–Kier alpha value is -2.59. The van der Waals surface area contributed by atoms with Gasteiger partial charge >= 0.3 is 0 Å². The highest BCUT2D eigenvalue weighted by molar-refractivity contribution is 6.42. The predicted octanol–water partition coefficient (Wildman–Crippen LogP) is 6.79. The van der Waals surface area contributed by atoms with Crippen molar-refractivity contribution < 1.29 is 4.79 Å².